The second-order valence-electron chi connectivity index (χ2n) is 1.98. The Bertz CT molecular complexity index is 362. The van der Waals surface area contributed by atoms with Crippen molar-refractivity contribution in [1.82, 2.24) is 0 Å². The summed E-state index contributed by atoms with van der Waals surface area (Å²) >= 11 is 0. The van der Waals surface area contributed by atoms with Gasteiger partial charge in [0.25, 0.3) is 0 Å². The monoisotopic (exact) mass is 150 g/mol. The van der Waals surface area contributed by atoms with Crippen molar-refractivity contribution in [2.45, 2.75) is 6.42 Å². The predicted octanol–water partition coefficient (Wildman–Crippen LogP) is 2.54. The van der Waals surface area contributed by atoms with E-state index in [0.717, 1.165) is 5.56 Å². The van der Waals surface area contributed by atoms with E-state index in [1.54, 1.807) is 0 Å². The van der Waals surface area contributed by atoms with Crippen LogP contribution in [0.4, 0.5) is 0 Å². The average Bonchev–Trinajstić information content (AvgIpc) is 2.14. The zero-order valence-electron chi connectivity index (χ0n) is 8.91. The normalized spacial score (nSPS) is 12.5. The van der Waals surface area contributed by atoms with Gasteiger partial charge in [0.2, 0.25) is 0 Å². The van der Waals surface area contributed by atoms with Gasteiger partial charge in [0.15, 0.2) is 0 Å². The van der Waals surface area contributed by atoms with E-state index in [-0.39, 0.29) is 18.1 Å². The maximum absolute atomic E-state index is 8.05. The number of nitrogens with zero attached hydrogens (tertiary/aromatic N) is 3. The molecule has 1 aromatic rings. The van der Waals surface area contributed by atoms with E-state index >= 15 is 0 Å². The largest absolute Gasteiger partial charge is 0.0936 e. The Morgan fingerprint density at radius 3 is 2.82 bits per heavy atom. The fourth-order valence-electron chi connectivity index (χ4n) is 0.709. The Hall–Kier alpha value is -1.47. The third-order valence-corrected chi connectivity index (χ3v) is 1.22. The molecule has 0 radical (unpaired) electrons. The molecule has 0 saturated carbocycles. The first kappa shape index (κ1) is 4.42. The molecule has 3 heteroatoms. The third kappa shape index (κ3) is 2.74. The second kappa shape index (κ2) is 4.36. The summed E-state index contributed by atoms with van der Waals surface area (Å²) in [6.45, 7) is 0.312. The zero-order valence-corrected chi connectivity index (χ0v) is 5.91. The lowest BCUT2D eigenvalue weighted by molar-refractivity contribution is 0.956. The molecule has 0 aliphatic rings. The first-order chi connectivity index (χ1) is 6.65. The van der Waals surface area contributed by atoms with Crippen LogP contribution < -0.4 is 0 Å². The summed E-state index contributed by atoms with van der Waals surface area (Å²) in [5, 5.41) is 3.36. The van der Waals surface area contributed by atoms with E-state index in [1.807, 2.05) is 0 Å². The van der Waals surface area contributed by atoms with Crippen LogP contribution in [0.15, 0.2) is 35.4 Å². The van der Waals surface area contributed by atoms with Crippen molar-refractivity contribution in [1.29, 1.82) is 0 Å². The van der Waals surface area contributed by atoms with Crippen LogP contribution in [0.25, 0.3) is 10.4 Å². The lowest BCUT2D eigenvalue weighted by atomic mass is 10.2. The molecule has 0 bridgehead atoms. The first-order valence-electron chi connectivity index (χ1n) is 4.72. The minimum atomic E-state index is -0.0717. The van der Waals surface area contributed by atoms with Crippen molar-refractivity contribution in [2.75, 3.05) is 6.54 Å². The summed E-state index contributed by atoms with van der Waals surface area (Å²) in [6.07, 6.45) is 0.502. The highest BCUT2D eigenvalue weighted by molar-refractivity contribution is 5.14. The Labute approximate surface area is 69.5 Å². The summed E-state index contributed by atoms with van der Waals surface area (Å²) in [5.41, 5.74) is 8.80. The molecule has 0 aliphatic heterocycles. The maximum Gasteiger partial charge on any atom is 0.0623 e. The maximum atomic E-state index is 8.05. The quantitative estimate of drug-likeness (QED) is 0.361. The van der Waals surface area contributed by atoms with Gasteiger partial charge in [-0.3, -0.25) is 0 Å². The molecule has 0 aromatic heterocycles. The number of hydrogen-bond acceptors (Lipinski definition) is 1. The molecule has 11 heavy (non-hydrogen) atoms. The van der Waals surface area contributed by atoms with E-state index in [0.29, 0.717) is 13.0 Å². The van der Waals surface area contributed by atoms with Gasteiger partial charge in [-0.05, 0) is 17.5 Å². The van der Waals surface area contributed by atoms with Crippen molar-refractivity contribution in [3.8, 4) is 0 Å². The fraction of sp³-hybridized carbons (Fsp3) is 0.250. The Morgan fingerprint density at radius 2 is 2.18 bits per heavy atom. The summed E-state index contributed by atoms with van der Waals surface area (Å²) in [5.74, 6) is 0. The second-order valence-corrected chi connectivity index (χ2v) is 1.98. The van der Waals surface area contributed by atoms with Crippen LogP contribution in [-0.4, -0.2) is 6.54 Å². The molecule has 0 N–H and O–H groups in total. The van der Waals surface area contributed by atoms with E-state index in [1.165, 1.54) is 12.1 Å². The van der Waals surface area contributed by atoms with Gasteiger partial charge in [0.1, 0.15) is 0 Å². The Kier molecular flexibility index (Phi) is 1.75. The lowest BCUT2D eigenvalue weighted by Crippen LogP contribution is -1.86. The molecule has 3 nitrogen and oxygen atoms in total. The Morgan fingerprint density at radius 1 is 1.45 bits per heavy atom. The smallest absolute Gasteiger partial charge is 0.0623 e. The highest BCUT2D eigenvalue weighted by Gasteiger charge is 1.87. The minimum Gasteiger partial charge on any atom is -0.0936 e. The molecule has 0 unspecified atom stereocenters. The third-order valence-electron chi connectivity index (χ3n) is 1.22. The van der Waals surface area contributed by atoms with E-state index in [4.69, 9.17) is 9.64 Å². The van der Waals surface area contributed by atoms with Gasteiger partial charge in [-0.2, -0.15) is 0 Å². The SMILES string of the molecule is [2H]c1cc(CCN=[N+]=[N-])cc([2H])c1[2H]. The van der Waals surface area contributed by atoms with Gasteiger partial charge in [0.05, 0.1) is 4.11 Å². The zero-order chi connectivity index (χ0) is 10.6. The van der Waals surface area contributed by atoms with Crippen molar-refractivity contribution >= 4 is 0 Å². The van der Waals surface area contributed by atoms with Gasteiger partial charge >= 0.3 is 0 Å². The molecule has 1 aromatic carbocycles. The minimum absolute atomic E-state index is 0.0356. The van der Waals surface area contributed by atoms with Crippen LogP contribution >= 0.6 is 0 Å². The van der Waals surface area contributed by atoms with Crippen molar-refractivity contribution in [2.24, 2.45) is 5.11 Å². The van der Waals surface area contributed by atoms with Crippen LogP contribution in [0.3, 0.4) is 0 Å². The van der Waals surface area contributed by atoms with Gasteiger partial charge in [-0.1, -0.05) is 35.4 Å². The molecule has 1 rings (SSSR count). The van der Waals surface area contributed by atoms with Crippen LogP contribution in [-0.2, 0) is 6.42 Å². The lowest BCUT2D eigenvalue weighted by Gasteiger charge is -1.93. The molecule has 0 heterocycles. The molecule has 0 saturated heterocycles. The molecule has 0 spiro atoms. The molecule has 0 fully saturated rings. The predicted molar refractivity (Wildman–Crippen MR) is 44.2 cm³/mol. The van der Waals surface area contributed by atoms with Crippen LogP contribution in [0, 0.1) is 0 Å². The average molecular weight is 150 g/mol. The topological polar surface area (TPSA) is 48.8 Å². The van der Waals surface area contributed by atoms with Crippen molar-refractivity contribution < 1.29 is 4.11 Å². The molecule has 0 atom stereocenters. The summed E-state index contributed by atoms with van der Waals surface area (Å²) < 4.78 is 22.0. The van der Waals surface area contributed by atoms with Crippen molar-refractivity contribution in [3.63, 3.8) is 0 Å². The standard InChI is InChI=1S/C8H9N3/c9-11-10-7-6-8-4-2-1-3-5-8/h1-5H,6-7H2/i1D,2D,3D. The molecular formula is C8H9N3. The highest BCUT2D eigenvalue weighted by Crippen LogP contribution is 1.98. The molecule has 56 valence electrons. The number of rotatable bonds is 3. The number of azide groups is 1. The Balaban J connectivity index is 2.84. The van der Waals surface area contributed by atoms with Gasteiger partial charge < -0.3 is 0 Å². The van der Waals surface area contributed by atoms with E-state index in [2.05, 4.69) is 10.0 Å². The first-order valence-corrected chi connectivity index (χ1v) is 3.22. The number of hydrogen-bond donors (Lipinski definition) is 0. The summed E-state index contributed by atoms with van der Waals surface area (Å²) in [4.78, 5) is 2.61. The summed E-state index contributed by atoms with van der Waals surface area (Å²) in [7, 11) is 0. The fourth-order valence-corrected chi connectivity index (χ4v) is 0.709. The summed E-state index contributed by atoms with van der Waals surface area (Å²) in [6, 6.07) is 3.04. The molecular weight excluding hydrogens is 138 g/mol. The van der Waals surface area contributed by atoms with Crippen molar-refractivity contribution in [3.05, 3.63) is 46.3 Å². The van der Waals surface area contributed by atoms with E-state index in [9.17, 15) is 0 Å². The van der Waals surface area contributed by atoms with E-state index < -0.39 is 0 Å². The van der Waals surface area contributed by atoms with Crippen LogP contribution in [0.1, 0.15) is 9.68 Å². The highest BCUT2D eigenvalue weighted by atomic mass is 15.1. The molecule has 0 amide bonds. The molecule has 0 aliphatic carbocycles. The number of benzene rings is 1. The van der Waals surface area contributed by atoms with Gasteiger partial charge in [-0.25, -0.2) is 0 Å². The van der Waals surface area contributed by atoms with Gasteiger partial charge in [-0.15, -0.1) is 0 Å². The van der Waals surface area contributed by atoms with Gasteiger partial charge in [0, 0.05) is 11.5 Å². The van der Waals surface area contributed by atoms with Crippen LogP contribution in [0.2, 0.25) is 0 Å². The van der Waals surface area contributed by atoms with Crippen LogP contribution in [0.5, 0.6) is 0 Å².